The number of carbonyl (C=O) groups excluding carboxylic acids is 2. The number of ether oxygens (including phenoxy) is 1. The molecule has 2 heterocycles. The maximum Gasteiger partial charge on any atom is 0.245 e. The molecule has 0 spiro atoms. The first kappa shape index (κ1) is 12.4. The van der Waals surface area contributed by atoms with E-state index in [1.165, 1.54) is 0 Å². The third-order valence-electron chi connectivity index (χ3n) is 3.64. The van der Waals surface area contributed by atoms with Crippen molar-refractivity contribution >= 4 is 11.8 Å². The Balaban J connectivity index is 2.14. The molecule has 0 aromatic carbocycles. The van der Waals surface area contributed by atoms with Crippen LogP contribution in [0, 0.1) is 0 Å². The Morgan fingerprint density at radius 3 is 2.82 bits per heavy atom. The zero-order chi connectivity index (χ0) is 12.4. The van der Waals surface area contributed by atoms with Crippen LogP contribution in [0.4, 0.5) is 0 Å². The monoisotopic (exact) mass is 240 g/mol. The van der Waals surface area contributed by atoms with Crippen molar-refractivity contribution in [3.05, 3.63) is 0 Å². The topological polar surface area (TPSA) is 58.6 Å². The van der Waals surface area contributed by atoms with Gasteiger partial charge < -0.3 is 15.0 Å². The fourth-order valence-electron chi connectivity index (χ4n) is 2.60. The molecule has 96 valence electrons. The second-order valence-corrected chi connectivity index (χ2v) is 4.74. The molecule has 2 aliphatic rings. The van der Waals surface area contributed by atoms with E-state index < -0.39 is 0 Å². The third-order valence-corrected chi connectivity index (χ3v) is 3.64. The van der Waals surface area contributed by atoms with E-state index in [2.05, 4.69) is 5.32 Å². The molecule has 2 aliphatic heterocycles. The average molecular weight is 240 g/mol. The Hall–Kier alpha value is -1.10. The highest BCUT2D eigenvalue weighted by Gasteiger charge is 2.37. The summed E-state index contributed by atoms with van der Waals surface area (Å²) >= 11 is 0. The van der Waals surface area contributed by atoms with Gasteiger partial charge in [-0.25, -0.2) is 0 Å². The minimum absolute atomic E-state index is 0.0285. The minimum Gasteiger partial charge on any atom is -0.376 e. The first-order chi connectivity index (χ1) is 8.13. The average Bonchev–Trinajstić information content (AvgIpc) is 2.66. The molecule has 2 amide bonds. The second-order valence-electron chi connectivity index (χ2n) is 4.74. The molecular weight excluding hydrogens is 220 g/mol. The summed E-state index contributed by atoms with van der Waals surface area (Å²) in [7, 11) is 0. The van der Waals surface area contributed by atoms with E-state index in [1.807, 2.05) is 18.7 Å². The third kappa shape index (κ3) is 2.44. The first-order valence-electron chi connectivity index (χ1n) is 6.35. The van der Waals surface area contributed by atoms with Gasteiger partial charge >= 0.3 is 0 Å². The fraction of sp³-hybridized carbons (Fsp3) is 0.833. The van der Waals surface area contributed by atoms with Crippen LogP contribution in [0.2, 0.25) is 0 Å². The van der Waals surface area contributed by atoms with Gasteiger partial charge in [0.25, 0.3) is 0 Å². The van der Waals surface area contributed by atoms with Gasteiger partial charge in [-0.2, -0.15) is 0 Å². The van der Waals surface area contributed by atoms with Crippen molar-refractivity contribution in [3.63, 3.8) is 0 Å². The van der Waals surface area contributed by atoms with Gasteiger partial charge in [-0.1, -0.05) is 6.92 Å². The molecule has 0 radical (unpaired) electrons. The highest BCUT2D eigenvalue weighted by Crippen LogP contribution is 2.22. The number of amides is 2. The van der Waals surface area contributed by atoms with E-state index in [9.17, 15) is 9.59 Å². The number of nitrogens with one attached hydrogen (secondary N) is 1. The Bertz CT molecular complexity index is 319. The summed E-state index contributed by atoms with van der Waals surface area (Å²) in [5, 5.41) is 2.78. The predicted octanol–water partition coefficient (Wildman–Crippen LogP) is 0.291. The summed E-state index contributed by atoms with van der Waals surface area (Å²) in [5.74, 6) is 0.0139. The number of carbonyl (C=O) groups is 2. The second kappa shape index (κ2) is 5.04. The molecule has 0 aliphatic carbocycles. The largest absolute Gasteiger partial charge is 0.376 e. The van der Waals surface area contributed by atoms with E-state index in [0.717, 1.165) is 6.42 Å². The minimum atomic E-state index is -0.363. The van der Waals surface area contributed by atoms with Crippen LogP contribution in [0.25, 0.3) is 0 Å². The van der Waals surface area contributed by atoms with E-state index in [4.69, 9.17) is 4.74 Å². The van der Waals surface area contributed by atoms with Crippen molar-refractivity contribution < 1.29 is 14.3 Å². The molecular formula is C12H20N2O3. The Kier molecular flexibility index (Phi) is 3.66. The number of hydrogen-bond donors (Lipinski definition) is 1. The van der Waals surface area contributed by atoms with E-state index >= 15 is 0 Å². The standard InChI is InChI=1S/C12H20N2O3/c1-3-9-12(16)14(6-4-11(15)13-9)10-5-7-17-8(10)2/h8-10H,3-7H2,1-2H3,(H,13,15). The zero-order valence-electron chi connectivity index (χ0n) is 10.4. The van der Waals surface area contributed by atoms with Gasteiger partial charge in [-0.15, -0.1) is 0 Å². The maximum absolute atomic E-state index is 12.3. The molecule has 17 heavy (non-hydrogen) atoms. The lowest BCUT2D eigenvalue weighted by Crippen LogP contribution is -2.50. The molecule has 3 unspecified atom stereocenters. The van der Waals surface area contributed by atoms with Crippen molar-refractivity contribution in [3.8, 4) is 0 Å². The van der Waals surface area contributed by atoms with Crippen LogP contribution >= 0.6 is 0 Å². The van der Waals surface area contributed by atoms with E-state index in [-0.39, 0.29) is 30.0 Å². The van der Waals surface area contributed by atoms with Crippen LogP contribution in [0.3, 0.4) is 0 Å². The quantitative estimate of drug-likeness (QED) is 0.755. The summed E-state index contributed by atoms with van der Waals surface area (Å²) in [6.45, 7) is 5.13. The van der Waals surface area contributed by atoms with Crippen molar-refractivity contribution in [2.75, 3.05) is 13.2 Å². The van der Waals surface area contributed by atoms with Crippen LogP contribution in [0.15, 0.2) is 0 Å². The Morgan fingerprint density at radius 1 is 1.47 bits per heavy atom. The van der Waals surface area contributed by atoms with Gasteiger partial charge in [0.05, 0.1) is 12.1 Å². The van der Waals surface area contributed by atoms with E-state index in [1.54, 1.807) is 0 Å². The molecule has 0 saturated carbocycles. The summed E-state index contributed by atoms with van der Waals surface area (Å²) in [6, 6.07) is -0.234. The smallest absolute Gasteiger partial charge is 0.245 e. The highest BCUT2D eigenvalue weighted by atomic mass is 16.5. The van der Waals surface area contributed by atoms with Gasteiger partial charge in [-0.3, -0.25) is 9.59 Å². The summed E-state index contributed by atoms with van der Waals surface area (Å²) in [4.78, 5) is 25.7. The lowest BCUT2D eigenvalue weighted by Gasteiger charge is -2.31. The van der Waals surface area contributed by atoms with Gasteiger partial charge in [0.1, 0.15) is 6.04 Å². The van der Waals surface area contributed by atoms with Crippen LogP contribution in [0.1, 0.15) is 33.1 Å². The molecule has 5 heteroatoms. The first-order valence-corrected chi connectivity index (χ1v) is 6.35. The molecule has 2 rings (SSSR count). The molecule has 2 fully saturated rings. The van der Waals surface area contributed by atoms with Crippen molar-refractivity contribution in [2.24, 2.45) is 0 Å². The van der Waals surface area contributed by atoms with Crippen molar-refractivity contribution in [2.45, 2.75) is 51.3 Å². The summed E-state index contributed by atoms with van der Waals surface area (Å²) < 4.78 is 5.50. The molecule has 0 bridgehead atoms. The van der Waals surface area contributed by atoms with Gasteiger partial charge in [0, 0.05) is 19.6 Å². The number of hydrogen-bond acceptors (Lipinski definition) is 3. The lowest BCUT2D eigenvalue weighted by molar-refractivity contribution is -0.136. The fourth-order valence-corrected chi connectivity index (χ4v) is 2.60. The normalized spacial score (nSPS) is 34.7. The maximum atomic E-state index is 12.3. The molecule has 0 aromatic heterocycles. The Morgan fingerprint density at radius 2 is 2.24 bits per heavy atom. The Labute approximate surface area is 101 Å². The van der Waals surface area contributed by atoms with Crippen molar-refractivity contribution in [1.29, 1.82) is 0 Å². The summed E-state index contributed by atoms with van der Waals surface area (Å²) in [6.07, 6.45) is 1.98. The molecule has 5 nitrogen and oxygen atoms in total. The van der Waals surface area contributed by atoms with Gasteiger partial charge in [-0.05, 0) is 19.8 Å². The van der Waals surface area contributed by atoms with Crippen LogP contribution in [-0.2, 0) is 14.3 Å². The van der Waals surface area contributed by atoms with Gasteiger partial charge in [0.15, 0.2) is 0 Å². The van der Waals surface area contributed by atoms with Crippen LogP contribution in [-0.4, -0.2) is 48.1 Å². The highest BCUT2D eigenvalue weighted by molar-refractivity contribution is 5.90. The molecule has 1 N–H and O–H groups in total. The summed E-state index contributed by atoms with van der Waals surface area (Å²) in [5.41, 5.74) is 0. The molecule has 0 aromatic rings. The molecule has 2 saturated heterocycles. The van der Waals surface area contributed by atoms with Crippen LogP contribution < -0.4 is 5.32 Å². The van der Waals surface area contributed by atoms with Gasteiger partial charge in [0.2, 0.25) is 11.8 Å². The SMILES string of the molecule is CCC1NC(=O)CCN(C2CCOC2C)C1=O. The molecule has 3 atom stereocenters. The number of rotatable bonds is 2. The van der Waals surface area contributed by atoms with Crippen LogP contribution in [0.5, 0.6) is 0 Å². The lowest BCUT2D eigenvalue weighted by atomic mass is 10.1. The zero-order valence-corrected chi connectivity index (χ0v) is 10.4. The van der Waals surface area contributed by atoms with Crippen molar-refractivity contribution in [1.82, 2.24) is 10.2 Å². The predicted molar refractivity (Wildman–Crippen MR) is 62.4 cm³/mol. The van der Waals surface area contributed by atoms with E-state index in [0.29, 0.717) is 26.0 Å². The number of nitrogens with zero attached hydrogens (tertiary/aromatic N) is 1.